The van der Waals surface area contributed by atoms with Crippen molar-refractivity contribution in [3.63, 3.8) is 0 Å². The fourth-order valence-electron chi connectivity index (χ4n) is 5.24. The molecule has 2 saturated heterocycles. The number of Topliss-reactive ketones (excluding diaryl/α,β-unsaturated/α-hetero) is 2. The molecule has 162 valence electrons. The van der Waals surface area contributed by atoms with Gasteiger partial charge in [-0.2, -0.15) is 0 Å². The Bertz CT molecular complexity index is 1170. The molecule has 31 heavy (non-hydrogen) atoms. The number of fused-ring (bicyclic) bond motifs is 1. The van der Waals surface area contributed by atoms with Gasteiger partial charge in [0.05, 0.1) is 35.6 Å². The second-order valence-corrected chi connectivity index (χ2v) is 9.30. The molecule has 7 nitrogen and oxygen atoms in total. The summed E-state index contributed by atoms with van der Waals surface area (Å²) < 4.78 is 3.14. The molecule has 2 aliphatic heterocycles. The maximum atomic E-state index is 13.0. The number of nitrogens with one attached hydrogen (secondary N) is 1. The van der Waals surface area contributed by atoms with E-state index in [9.17, 15) is 14.4 Å². The predicted molar refractivity (Wildman–Crippen MR) is 118 cm³/mol. The van der Waals surface area contributed by atoms with Gasteiger partial charge in [0.25, 0.3) is 0 Å². The molecular weight excluding hydrogens is 392 g/mol. The predicted octanol–water partition coefficient (Wildman–Crippen LogP) is 1.24. The van der Waals surface area contributed by atoms with Crippen molar-refractivity contribution >= 4 is 22.6 Å². The monoisotopic (exact) mass is 420 g/mol. The van der Waals surface area contributed by atoms with Crippen LogP contribution >= 0.6 is 0 Å². The number of imidazole rings is 1. The number of nitrogens with zero attached hydrogens (tertiary/aromatic N) is 3. The molecule has 1 N–H and O–H groups in total. The minimum absolute atomic E-state index is 0.0432. The standard InChI is InChI=1S/C24H28N4O3/c1-26-22-17(5-3-11-27-12-9-24(10-13-27)15-25-16-24)4-2-6-20(22)28(23(26)31)19-8-7-18(29)14-21(19)30/h2,4,6,19,25H,7-16H2,1H3. The second kappa shape index (κ2) is 7.77. The number of rotatable bonds is 2. The summed E-state index contributed by atoms with van der Waals surface area (Å²) in [4.78, 5) is 39.5. The first-order valence-corrected chi connectivity index (χ1v) is 11.1. The number of aryl methyl sites for hydroxylation is 1. The first-order valence-electron chi connectivity index (χ1n) is 11.1. The number of carbonyl (C=O) groups excluding carboxylic acids is 2. The van der Waals surface area contributed by atoms with E-state index in [2.05, 4.69) is 22.1 Å². The first-order chi connectivity index (χ1) is 15.0. The Morgan fingerprint density at radius 2 is 1.94 bits per heavy atom. The third kappa shape index (κ3) is 3.54. The minimum Gasteiger partial charge on any atom is -0.316 e. The number of hydrogen-bond acceptors (Lipinski definition) is 5. The van der Waals surface area contributed by atoms with Gasteiger partial charge in [-0.1, -0.05) is 17.9 Å². The Hall–Kier alpha value is -2.69. The average molecular weight is 421 g/mol. The molecule has 1 saturated carbocycles. The lowest BCUT2D eigenvalue weighted by Crippen LogP contribution is -2.58. The van der Waals surface area contributed by atoms with Crippen molar-refractivity contribution in [2.75, 3.05) is 32.7 Å². The highest BCUT2D eigenvalue weighted by Crippen LogP contribution is 2.34. The zero-order valence-corrected chi connectivity index (χ0v) is 17.9. The molecule has 1 atom stereocenters. The topological polar surface area (TPSA) is 76.3 Å². The molecule has 3 fully saturated rings. The van der Waals surface area contributed by atoms with Crippen molar-refractivity contribution < 1.29 is 9.59 Å². The number of aromatic nitrogens is 2. The molecule has 1 aliphatic carbocycles. The van der Waals surface area contributed by atoms with Crippen molar-refractivity contribution in [3.8, 4) is 11.8 Å². The molecule has 7 heteroatoms. The van der Waals surface area contributed by atoms with Crippen molar-refractivity contribution in [2.24, 2.45) is 12.5 Å². The molecule has 1 aromatic carbocycles. The first kappa shape index (κ1) is 20.2. The Kier molecular flexibility index (Phi) is 5.07. The van der Waals surface area contributed by atoms with E-state index in [1.807, 2.05) is 18.2 Å². The molecule has 1 unspecified atom stereocenters. The molecule has 3 aliphatic rings. The van der Waals surface area contributed by atoms with E-state index in [0.29, 0.717) is 23.8 Å². The van der Waals surface area contributed by atoms with Crippen LogP contribution in [-0.4, -0.2) is 58.3 Å². The van der Waals surface area contributed by atoms with E-state index in [1.165, 1.54) is 12.8 Å². The highest BCUT2D eigenvalue weighted by molar-refractivity contribution is 6.03. The van der Waals surface area contributed by atoms with Gasteiger partial charge in [-0.3, -0.25) is 23.6 Å². The third-order valence-corrected chi connectivity index (χ3v) is 7.30. The summed E-state index contributed by atoms with van der Waals surface area (Å²) in [6.07, 6.45) is 3.10. The Labute approximate surface area is 181 Å². The van der Waals surface area contributed by atoms with E-state index in [-0.39, 0.29) is 23.7 Å². The average Bonchev–Trinajstić information content (AvgIpc) is 2.99. The summed E-state index contributed by atoms with van der Waals surface area (Å²) in [6, 6.07) is 5.10. The highest BCUT2D eigenvalue weighted by Gasteiger charge is 2.39. The third-order valence-electron chi connectivity index (χ3n) is 7.30. The van der Waals surface area contributed by atoms with Crippen molar-refractivity contribution in [3.05, 3.63) is 34.2 Å². The van der Waals surface area contributed by atoms with Gasteiger partial charge in [0, 0.05) is 26.6 Å². The Morgan fingerprint density at radius 3 is 2.61 bits per heavy atom. The Balaban J connectivity index is 1.40. The smallest absolute Gasteiger partial charge is 0.316 e. The molecule has 5 rings (SSSR count). The fourth-order valence-corrected chi connectivity index (χ4v) is 5.24. The number of carbonyl (C=O) groups is 2. The number of para-hydroxylation sites is 1. The van der Waals surface area contributed by atoms with E-state index in [0.717, 1.165) is 43.8 Å². The van der Waals surface area contributed by atoms with Gasteiger partial charge in [0.15, 0.2) is 5.78 Å². The van der Waals surface area contributed by atoms with Crippen LogP contribution in [0.5, 0.6) is 0 Å². The Morgan fingerprint density at radius 1 is 1.16 bits per heavy atom. The molecule has 3 heterocycles. The zero-order valence-electron chi connectivity index (χ0n) is 17.9. The van der Waals surface area contributed by atoms with Crippen LogP contribution in [-0.2, 0) is 16.6 Å². The van der Waals surface area contributed by atoms with Crippen LogP contribution in [0.25, 0.3) is 11.0 Å². The zero-order chi connectivity index (χ0) is 21.6. The number of benzene rings is 1. The van der Waals surface area contributed by atoms with Crippen molar-refractivity contribution in [2.45, 2.75) is 38.1 Å². The molecule has 0 bridgehead atoms. The fraction of sp³-hybridized carbons (Fsp3) is 0.542. The molecular formula is C24H28N4O3. The quantitative estimate of drug-likeness (QED) is 0.584. The van der Waals surface area contributed by atoms with Crippen LogP contribution < -0.4 is 11.0 Å². The summed E-state index contributed by atoms with van der Waals surface area (Å²) in [5.41, 5.74) is 2.56. The summed E-state index contributed by atoms with van der Waals surface area (Å²) in [7, 11) is 1.72. The van der Waals surface area contributed by atoms with Crippen LogP contribution in [0.4, 0.5) is 0 Å². The molecule has 0 radical (unpaired) electrons. The van der Waals surface area contributed by atoms with Gasteiger partial charge in [0.2, 0.25) is 0 Å². The van der Waals surface area contributed by atoms with E-state index in [4.69, 9.17) is 0 Å². The maximum absolute atomic E-state index is 13.0. The van der Waals surface area contributed by atoms with Crippen LogP contribution in [0, 0.1) is 17.3 Å². The summed E-state index contributed by atoms with van der Waals surface area (Å²) >= 11 is 0. The number of likely N-dealkylation sites (tertiary alicyclic amines) is 1. The van der Waals surface area contributed by atoms with Gasteiger partial charge in [-0.25, -0.2) is 4.79 Å². The van der Waals surface area contributed by atoms with Gasteiger partial charge >= 0.3 is 5.69 Å². The van der Waals surface area contributed by atoms with Crippen LogP contribution in [0.2, 0.25) is 0 Å². The lowest BCUT2D eigenvalue weighted by Gasteiger charge is -2.48. The van der Waals surface area contributed by atoms with Crippen molar-refractivity contribution in [1.82, 2.24) is 19.4 Å². The van der Waals surface area contributed by atoms with Crippen molar-refractivity contribution in [1.29, 1.82) is 0 Å². The minimum atomic E-state index is -0.571. The summed E-state index contributed by atoms with van der Waals surface area (Å²) in [5.74, 6) is 6.35. The SMILES string of the molecule is Cn1c(=O)n(C2CCC(=O)CC2=O)c2cccc(C#CCN3CCC4(CC3)CNC4)c21. The second-order valence-electron chi connectivity index (χ2n) is 9.30. The lowest BCUT2D eigenvalue weighted by atomic mass is 9.73. The largest absolute Gasteiger partial charge is 0.329 e. The molecule has 1 aromatic heterocycles. The van der Waals surface area contributed by atoms with E-state index >= 15 is 0 Å². The summed E-state index contributed by atoms with van der Waals surface area (Å²) in [5, 5.41) is 3.39. The van der Waals surface area contributed by atoms with E-state index in [1.54, 1.807) is 16.2 Å². The molecule has 0 amide bonds. The number of ketones is 2. The van der Waals surface area contributed by atoms with E-state index < -0.39 is 6.04 Å². The van der Waals surface area contributed by atoms with Gasteiger partial charge in [-0.15, -0.1) is 0 Å². The maximum Gasteiger partial charge on any atom is 0.329 e. The van der Waals surface area contributed by atoms with Crippen LogP contribution in [0.1, 0.15) is 43.7 Å². The number of hydrogen-bond donors (Lipinski definition) is 1. The molecule has 1 spiro atoms. The van der Waals surface area contributed by atoms with Gasteiger partial charge in [-0.05, 0) is 49.9 Å². The molecule has 2 aromatic rings. The lowest BCUT2D eigenvalue weighted by molar-refractivity contribution is -0.132. The van der Waals surface area contributed by atoms with Crippen LogP contribution in [0.3, 0.4) is 0 Å². The van der Waals surface area contributed by atoms with Crippen LogP contribution in [0.15, 0.2) is 23.0 Å². The van der Waals surface area contributed by atoms with Gasteiger partial charge < -0.3 is 5.32 Å². The van der Waals surface area contributed by atoms with Gasteiger partial charge in [0.1, 0.15) is 5.78 Å². The highest BCUT2D eigenvalue weighted by atomic mass is 16.2. The summed E-state index contributed by atoms with van der Waals surface area (Å²) in [6.45, 7) is 5.18. The number of piperidine rings is 1. The normalized spacial score (nSPS) is 23.6.